The molecule has 0 aliphatic rings. The van der Waals surface area contributed by atoms with E-state index < -0.39 is 12.1 Å². The van der Waals surface area contributed by atoms with Gasteiger partial charge in [0.05, 0.1) is 6.61 Å². The zero-order valence-electron chi connectivity index (χ0n) is 13.1. The van der Waals surface area contributed by atoms with Gasteiger partial charge in [0.2, 0.25) is 0 Å². The fourth-order valence-corrected chi connectivity index (χ4v) is 1.88. The molecule has 4 heteroatoms. The van der Waals surface area contributed by atoms with Crippen molar-refractivity contribution in [2.24, 2.45) is 0 Å². The van der Waals surface area contributed by atoms with E-state index in [0.717, 1.165) is 12.8 Å². The van der Waals surface area contributed by atoms with Gasteiger partial charge in [-0.25, -0.2) is 4.79 Å². The molecule has 0 aliphatic heterocycles. The van der Waals surface area contributed by atoms with E-state index >= 15 is 0 Å². The summed E-state index contributed by atoms with van der Waals surface area (Å²) in [4.78, 5) is 10.9. The van der Waals surface area contributed by atoms with Crippen molar-refractivity contribution in [2.45, 2.75) is 84.2 Å². The van der Waals surface area contributed by atoms with Crippen LogP contribution in [0.1, 0.15) is 78.1 Å². The number of carbonyl (C=O) groups excluding carboxylic acids is 1. The Hall–Kier alpha value is 0.430. The van der Waals surface area contributed by atoms with Crippen molar-refractivity contribution in [2.75, 3.05) is 6.61 Å². The molecule has 0 saturated carbocycles. The molecule has 0 heterocycles. The van der Waals surface area contributed by atoms with E-state index in [1.807, 2.05) is 0 Å². The molecule has 3 nitrogen and oxygen atoms in total. The maximum absolute atomic E-state index is 10.9. The molecule has 0 bridgehead atoms. The van der Waals surface area contributed by atoms with Crippen molar-refractivity contribution in [1.29, 1.82) is 0 Å². The SMILES string of the molecule is CCCCCCCCCCCCOC(=O)C(C)O.[Na+]. The Morgan fingerprint density at radius 2 is 1.37 bits per heavy atom. The van der Waals surface area contributed by atoms with Crippen LogP contribution in [0.25, 0.3) is 0 Å². The zero-order valence-corrected chi connectivity index (χ0v) is 15.1. The summed E-state index contributed by atoms with van der Waals surface area (Å²) in [5, 5.41) is 8.91. The molecule has 0 spiro atoms. The Labute approximate surface area is 140 Å². The molecule has 19 heavy (non-hydrogen) atoms. The second-order valence-corrected chi connectivity index (χ2v) is 5.03. The molecule has 0 saturated heterocycles. The normalized spacial score (nSPS) is 11.7. The molecule has 0 aliphatic carbocycles. The molecule has 0 aromatic heterocycles. The first kappa shape index (κ1) is 21.7. The van der Waals surface area contributed by atoms with Gasteiger partial charge in [0.25, 0.3) is 0 Å². The predicted molar refractivity (Wildman–Crippen MR) is 74.5 cm³/mol. The van der Waals surface area contributed by atoms with E-state index in [2.05, 4.69) is 6.92 Å². The summed E-state index contributed by atoms with van der Waals surface area (Å²) in [6.45, 7) is 4.12. The summed E-state index contributed by atoms with van der Waals surface area (Å²) in [7, 11) is 0. The van der Waals surface area contributed by atoms with Gasteiger partial charge < -0.3 is 9.84 Å². The molecule has 1 unspecified atom stereocenters. The molecule has 0 radical (unpaired) electrons. The first-order valence-electron chi connectivity index (χ1n) is 7.53. The summed E-state index contributed by atoms with van der Waals surface area (Å²) in [6, 6.07) is 0. The number of hydrogen-bond donors (Lipinski definition) is 1. The summed E-state index contributed by atoms with van der Waals surface area (Å²) in [6.07, 6.45) is 11.7. The molecule has 0 amide bonds. The zero-order chi connectivity index (χ0) is 13.6. The quantitative estimate of drug-likeness (QED) is 0.327. The van der Waals surface area contributed by atoms with Gasteiger partial charge in [-0.3, -0.25) is 0 Å². The molecule has 0 aromatic carbocycles. The van der Waals surface area contributed by atoms with Crippen LogP contribution in [0, 0.1) is 0 Å². The Morgan fingerprint density at radius 3 is 1.79 bits per heavy atom. The minimum Gasteiger partial charge on any atom is -0.464 e. The number of esters is 1. The minimum absolute atomic E-state index is 0. The predicted octanol–water partition coefficient (Wildman–Crippen LogP) is 0.835. The van der Waals surface area contributed by atoms with Gasteiger partial charge in [0.15, 0.2) is 0 Å². The third kappa shape index (κ3) is 16.4. The molecule has 1 atom stereocenters. The molecule has 0 aromatic rings. The van der Waals surface area contributed by atoms with Crippen LogP contribution in [0.4, 0.5) is 0 Å². The molecular formula is C15H30NaO3+. The largest absolute Gasteiger partial charge is 1.00 e. The second-order valence-electron chi connectivity index (χ2n) is 5.03. The van der Waals surface area contributed by atoms with Crippen LogP contribution < -0.4 is 29.6 Å². The number of hydrogen-bond acceptors (Lipinski definition) is 3. The average molecular weight is 281 g/mol. The van der Waals surface area contributed by atoms with Gasteiger partial charge in [0, 0.05) is 0 Å². The van der Waals surface area contributed by atoms with E-state index in [0.29, 0.717) is 6.61 Å². The standard InChI is InChI=1S/C15H30O3.Na/c1-3-4-5-6-7-8-9-10-11-12-13-18-15(17)14(2)16;/h14,16H,3-13H2,1-2H3;/q;+1. The molecular weight excluding hydrogens is 251 g/mol. The summed E-state index contributed by atoms with van der Waals surface area (Å²) in [5.41, 5.74) is 0. The van der Waals surface area contributed by atoms with Crippen LogP contribution in [-0.2, 0) is 9.53 Å². The van der Waals surface area contributed by atoms with Crippen LogP contribution in [0.5, 0.6) is 0 Å². The van der Waals surface area contributed by atoms with E-state index in [-0.39, 0.29) is 29.6 Å². The third-order valence-corrected chi connectivity index (χ3v) is 3.08. The number of ether oxygens (including phenoxy) is 1. The first-order chi connectivity index (χ1) is 8.68. The van der Waals surface area contributed by atoms with Crippen molar-refractivity contribution in [3.63, 3.8) is 0 Å². The summed E-state index contributed by atoms with van der Waals surface area (Å²) >= 11 is 0. The molecule has 0 fully saturated rings. The minimum atomic E-state index is -0.992. The van der Waals surface area contributed by atoms with Crippen molar-refractivity contribution >= 4 is 5.97 Å². The van der Waals surface area contributed by atoms with E-state index in [1.54, 1.807) is 0 Å². The average Bonchev–Trinajstić information content (AvgIpc) is 2.35. The smallest absolute Gasteiger partial charge is 0.464 e. The van der Waals surface area contributed by atoms with Gasteiger partial charge in [-0.05, 0) is 13.3 Å². The van der Waals surface area contributed by atoms with Crippen LogP contribution in [0.15, 0.2) is 0 Å². The third-order valence-electron chi connectivity index (χ3n) is 3.08. The van der Waals surface area contributed by atoms with E-state index in [1.165, 1.54) is 58.3 Å². The number of aliphatic hydroxyl groups excluding tert-OH is 1. The van der Waals surface area contributed by atoms with Crippen molar-refractivity contribution < 1.29 is 44.2 Å². The second kappa shape index (κ2) is 16.5. The summed E-state index contributed by atoms with van der Waals surface area (Å²) < 4.78 is 4.89. The fraction of sp³-hybridized carbons (Fsp3) is 0.933. The molecule has 108 valence electrons. The van der Waals surface area contributed by atoms with Crippen LogP contribution in [0.3, 0.4) is 0 Å². The Balaban J connectivity index is 0. The maximum atomic E-state index is 10.9. The van der Waals surface area contributed by atoms with Crippen molar-refractivity contribution in [3.05, 3.63) is 0 Å². The van der Waals surface area contributed by atoms with E-state index in [9.17, 15) is 4.79 Å². The fourth-order valence-electron chi connectivity index (χ4n) is 1.88. The topological polar surface area (TPSA) is 46.5 Å². The number of rotatable bonds is 12. The van der Waals surface area contributed by atoms with Crippen LogP contribution in [-0.4, -0.2) is 23.8 Å². The van der Waals surface area contributed by atoms with E-state index in [4.69, 9.17) is 9.84 Å². The summed E-state index contributed by atoms with van der Waals surface area (Å²) in [5.74, 6) is -0.508. The molecule has 0 rings (SSSR count). The van der Waals surface area contributed by atoms with Crippen LogP contribution in [0.2, 0.25) is 0 Å². The van der Waals surface area contributed by atoms with Crippen LogP contribution >= 0.6 is 0 Å². The number of aliphatic hydroxyl groups is 1. The number of unbranched alkanes of at least 4 members (excludes halogenated alkanes) is 9. The maximum Gasteiger partial charge on any atom is 1.00 e. The Bertz CT molecular complexity index is 196. The van der Waals surface area contributed by atoms with Gasteiger partial charge >= 0.3 is 35.5 Å². The van der Waals surface area contributed by atoms with Crippen molar-refractivity contribution in [1.82, 2.24) is 0 Å². The Morgan fingerprint density at radius 1 is 0.947 bits per heavy atom. The molecule has 1 N–H and O–H groups in total. The van der Waals surface area contributed by atoms with Gasteiger partial charge in [-0.15, -0.1) is 0 Å². The monoisotopic (exact) mass is 281 g/mol. The van der Waals surface area contributed by atoms with Gasteiger partial charge in [-0.2, -0.15) is 0 Å². The van der Waals surface area contributed by atoms with Gasteiger partial charge in [-0.1, -0.05) is 64.7 Å². The van der Waals surface area contributed by atoms with Crippen molar-refractivity contribution in [3.8, 4) is 0 Å². The number of carbonyl (C=O) groups is 1. The first-order valence-corrected chi connectivity index (χ1v) is 7.53. The Kier molecular flexibility index (Phi) is 18.8. The van der Waals surface area contributed by atoms with Gasteiger partial charge in [0.1, 0.15) is 6.10 Å².